The molecule has 3 rings (SSSR count). The van der Waals surface area contributed by atoms with Gasteiger partial charge in [-0.25, -0.2) is 0 Å². The second-order valence-electron chi connectivity index (χ2n) is 6.76. The van der Waals surface area contributed by atoms with Crippen molar-refractivity contribution in [2.45, 2.75) is 20.8 Å². The molecule has 0 aromatic carbocycles. The molecule has 2 unspecified atom stereocenters. The summed E-state index contributed by atoms with van der Waals surface area (Å²) in [6.07, 6.45) is 5.52. The SMILES string of the molecule is C=N/C(=C\N1C=C(C)C=NC1)C(=O)N1CC2C(C1)C2(C)C. The average molecular weight is 286 g/mol. The number of hydrogen-bond donors (Lipinski definition) is 0. The van der Waals surface area contributed by atoms with Gasteiger partial charge in [0.15, 0.2) is 0 Å². The van der Waals surface area contributed by atoms with E-state index in [0.29, 0.717) is 29.6 Å². The van der Waals surface area contributed by atoms with E-state index >= 15 is 0 Å². The molecule has 3 aliphatic rings. The van der Waals surface area contributed by atoms with Crippen molar-refractivity contribution >= 4 is 18.8 Å². The summed E-state index contributed by atoms with van der Waals surface area (Å²) in [5.41, 5.74) is 1.86. The zero-order valence-electron chi connectivity index (χ0n) is 12.9. The van der Waals surface area contributed by atoms with Gasteiger partial charge in [0.05, 0.1) is 0 Å². The van der Waals surface area contributed by atoms with Crippen molar-refractivity contribution in [3.63, 3.8) is 0 Å². The molecule has 1 amide bonds. The molecular formula is C16H22N4O. The Bertz CT molecular complexity index is 559. The summed E-state index contributed by atoms with van der Waals surface area (Å²) < 4.78 is 0. The lowest BCUT2D eigenvalue weighted by Crippen LogP contribution is -2.34. The van der Waals surface area contributed by atoms with Gasteiger partial charge in [0.2, 0.25) is 0 Å². The highest BCUT2D eigenvalue weighted by atomic mass is 16.2. The van der Waals surface area contributed by atoms with Gasteiger partial charge in [-0.2, -0.15) is 0 Å². The molecule has 0 aromatic rings. The van der Waals surface area contributed by atoms with Gasteiger partial charge in [0, 0.05) is 31.7 Å². The fraction of sp³-hybridized carbons (Fsp3) is 0.562. The van der Waals surface area contributed by atoms with E-state index in [4.69, 9.17) is 0 Å². The third-order valence-corrected chi connectivity index (χ3v) is 5.00. The first-order chi connectivity index (χ1) is 9.93. The van der Waals surface area contributed by atoms with Crippen LogP contribution in [-0.4, -0.2) is 48.4 Å². The maximum Gasteiger partial charge on any atom is 0.273 e. The number of carbonyl (C=O) groups is 1. The molecule has 0 spiro atoms. The van der Waals surface area contributed by atoms with E-state index in [1.165, 1.54) is 0 Å². The molecule has 5 heteroatoms. The van der Waals surface area contributed by atoms with Crippen molar-refractivity contribution in [2.75, 3.05) is 19.8 Å². The Labute approximate surface area is 125 Å². The highest BCUT2D eigenvalue weighted by molar-refractivity contribution is 5.94. The molecule has 1 saturated carbocycles. The predicted octanol–water partition coefficient (Wildman–Crippen LogP) is 1.89. The van der Waals surface area contributed by atoms with Crippen molar-refractivity contribution in [3.05, 3.63) is 23.7 Å². The third kappa shape index (κ3) is 2.41. The van der Waals surface area contributed by atoms with E-state index in [0.717, 1.165) is 18.7 Å². The molecule has 112 valence electrons. The molecule has 1 saturated heterocycles. The second kappa shape index (κ2) is 4.83. The molecule has 2 atom stereocenters. The molecule has 5 nitrogen and oxygen atoms in total. The van der Waals surface area contributed by atoms with Crippen LogP contribution in [0.1, 0.15) is 20.8 Å². The number of rotatable bonds is 3. The van der Waals surface area contributed by atoms with Crippen LogP contribution >= 0.6 is 0 Å². The van der Waals surface area contributed by atoms with Crippen molar-refractivity contribution in [1.29, 1.82) is 0 Å². The average Bonchev–Trinajstić information content (AvgIpc) is 2.82. The van der Waals surface area contributed by atoms with Crippen LogP contribution in [0.4, 0.5) is 0 Å². The fourth-order valence-electron chi connectivity index (χ4n) is 3.47. The Balaban J connectivity index is 1.68. The largest absolute Gasteiger partial charge is 0.337 e. The van der Waals surface area contributed by atoms with Gasteiger partial charge in [-0.1, -0.05) is 13.8 Å². The first kappa shape index (κ1) is 14.0. The molecule has 0 aromatic heterocycles. The maximum atomic E-state index is 12.5. The summed E-state index contributed by atoms with van der Waals surface area (Å²) in [7, 11) is 0. The normalized spacial score (nSPS) is 30.0. The van der Waals surface area contributed by atoms with E-state index in [9.17, 15) is 4.79 Å². The highest BCUT2D eigenvalue weighted by Crippen LogP contribution is 2.62. The molecule has 2 aliphatic heterocycles. The summed E-state index contributed by atoms with van der Waals surface area (Å²) in [6, 6.07) is 0. The van der Waals surface area contributed by atoms with Crippen LogP contribution in [0, 0.1) is 17.3 Å². The summed E-state index contributed by atoms with van der Waals surface area (Å²) in [5, 5.41) is 0. The zero-order chi connectivity index (χ0) is 15.2. The van der Waals surface area contributed by atoms with E-state index in [2.05, 4.69) is 30.5 Å². The van der Waals surface area contributed by atoms with Gasteiger partial charge < -0.3 is 9.80 Å². The summed E-state index contributed by atoms with van der Waals surface area (Å²) in [5.74, 6) is 1.28. The highest BCUT2D eigenvalue weighted by Gasteiger charge is 2.62. The molecule has 21 heavy (non-hydrogen) atoms. The number of hydrogen-bond acceptors (Lipinski definition) is 4. The standard InChI is InChI=1S/C16H22N4O/c1-11-5-18-10-19(6-11)9-14(17-4)15(21)20-7-12-13(8-20)16(12,2)3/h5-6,9,12-13H,4,7-8,10H2,1-3H3/b14-9-. The lowest BCUT2D eigenvalue weighted by atomic mass is 10.1. The Morgan fingerprint density at radius 3 is 2.71 bits per heavy atom. The molecule has 2 fully saturated rings. The lowest BCUT2D eigenvalue weighted by molar-refractivity contribution is -0.127. The van der Waals surface area contributed by atoms with Crippen molar-refractivity contribution in [1.82, 2.24) is 9.80 Å². The van der Waals surface area contributed by atoms with Crippen molar-refractivity contribution in [2.24, 2.45) is 27.2 Å². The Hall–Kier alpha value is -1.91. The number of allylic oxidation sites excluding steroid dienone is 1. The molecule has 1 aliphatic carbocycles. The van der Waals surface area contributed by atoms with Gasteiger partial charge in [0.25, 0.3) is 5.91 Å². The first-order valence-corrected chi connectivity index (χ1v) is 7.35. The van der Waals surface area contributed by atoms with Gasteiger partial charge in [-0.05, 0) is 36.5 Å². The molecule has 2 heterocycles. The Morgan fingerprint density at radius 1 is 1.48 bits per heavy atom. The van der Waals surface area contributed by atoms with Gasteiger partial charge in [-0.15, -0.1) is 0 Å². The monoisotopic (exact) mass is 286 g/mol. The number of carbonyl (C=O) groups excluding carboxylic acids is 1. The van der Waals surface area contributed by atoms with Crippen molar-refractivity contribution < 1.29 is 4.79 Å². The molecule has 0 N–H and O–H groups in total. The van der Waals surface area contributed by atoms with Gasteiger partial charge >= 0.3 is 0 Å². The quantitative estimate of drug-likeness (QED) is 0.587. The number of amides is 1. The van der Waals surface area contributed by atoms with Crippen LogP contribution in [-0.2, 0) is 4.79 Å². The molecule has 0 bridgehead atoms. The third-order valence-electron chi connectivity index (χ3n) is 5.00. The smallest absolute Gasteiger partial charge is 0.273 e. The fourth-order valence-corrected chi connectivity index (χ4v) is 3.47. The summed E-state index contributed by atoms with van der Waals surface area (Å²) in [4.78, 5) is 24.5. The maximum absolute atomic E-state index is 12.5. The van der Waals surface area contributed by atoms with Crippen molar-refractivity contribution in [3.8, 4) is 0 Å². The molecular weight excluding hydrogens is 264 g/mol. The van der Waals surface area contributed by atoms with E-state index in [1.54, 1.807) is 6.20 Å². The Morgan fingerprint density at radius 2 is 2.14 bits per heavy atom. The zero-order valence-corrected chi connectivity index (χ0v) is 12.9. The number of likely N-dealkylation sites (tertiary alicyclic amines) is 1. The number of aliphatic imine (C=N–C) groups is 2. The van der Waals surface area contributed by atoms with Crippen LogP contribution in [0.15, 0.2) is 33.7 Å². The number of nitrogens with zero attached hydrogens (tertiary/aromatic N) is 4. The molecule has 0 radical (unpaired) electrons. The second-order valence-corrected chi connectivity index (χ2v) is 6.76. The summed E-state index contributed by atoms with van der Waals surface area (Å²) >= 11 is 0. The van der Waals surface area contributed by atoms with Crippen LogP contribution < -0.4 is 0 Å². The summed E-state index contributed by atoms with van der Waals surface area (Å²) in [6.45, 7) is 12.3. The van der Waals surface area contributed by atoms with Gasteiger partial charge in [0.1, 0.15) is 12.4 Å². The number of piperidine rings is 1. The van der Waals surface area contributed by atoms with Crippen LogP contribution in [0.5, 0.6) is 0 Å². The number of fused-ring (bicyclic) bond motifs is 1. The first-order valence-electron chi connectivity index (χ1n) is 7.35. The lowest BCUT2D eigenvalue weighted by Gasteiger charge is -2.23. The van der Waals surface area contributed by atoms with Crippen LogP contribution in [0.3, 0.4) is 0 Å². The minimum Gasteiger partial charge on any atom is -0.337 e. The van der Waals surface area contributed by atoms with E-state index in [-0.39, 0.29) is 5.91 Å². The topological polar surface area (TPSA) is 48.3 Å². The van der Waals surface area contributed by atoms with Crippen LogP contribution in [0.2, 0.25) is 0 Å². The minimum absolute atomic E-state index is 0.0198. The van der Waals surface area contributed by atoms with E-state index < -0.39 is 0 Å². The minimum atomic E-state index is -0.0198. The predicted molar refractivity (Wildman–Crippen MR) is 83.9 cm³/mol. The van der Waals surface area contributed by atoms with Crippen LogP contribution in [0.25, 0.3) is 0 Å². The Kier molecular flexibility index (Phi) is 3.23. The van der Waals surface area contributed by atoms with E-state index in [1.807, 2.05) is 29.1 Å². The van der Waals surface area contributed by atoms with Gasteiger partial charge in [-0.3, -0.25) is 14.8 Å².